The third kappa shape index (κ3) is 5.08. The van der Waals surface area contributed by atoms with Crippen molar-refractivity contribution in [1.82, 2.24) is 15.5 Å². The van der Waals surface area contributed by atoms with Gasteiger partial charge in [-0.1, -0.05) is 18.1 Å². The third-order valence-electron chi connectivity index (χ3n) is 4.16. The maximum Gasteiger partial charge on any atom is 0.223 e. The number of ether oxygens (including phenoxy) is 2. The molecular weight excluding hydrogens is 342 g/mol. The van der Waals surface area contributed by atoms with Gasteiger partial charge in [0.1, 0.15) is 17.3 Å². The Hall–Kier alpha value is -2.86. The molecule has 142 valence electrons. The van der Waals surface area contributed by atoms with E-state index < -0.39 is 0 Å². The molecule has 0 aliphatic carbocycles. The number of hydrogen-bond acceptors (Lipinski definition) is 6. The van der Waals surface area contributed by atoms with Crippen molar-refractivity contribution in [2.75, 3.05) is 6.61 Å². The molecule has 0 amide bonds. The molecule has 3 aromatic rings. The van der Waals surface area contributed by atoms with E-state index in [2.05, 4.69) is 22.4 Å². The van der Waals surface area contributed by atoms with Crippen LogP contribution in [0.4, 0.5) is 0 Å². The number of nitrogens with one attached hydrogen (secondary N) is 1. The highest BCUT2D eigenvalue weighted by molar-refractivity contribution is 5.36. The van der Waals surface area contributed by atoms with E-state index in [1.165, 1.54) is 0 Å². The zero-order chi connectivity index (χ0) is 19.1. The molecule has 1 aromatic carbocycles. The first kappa shape index (κ1) is 18.9. The standard InChI is InChI=1S/C21H25N3O3/c1-4-12-25-18-7-9-19(10-8-18)26-21-17(6-5-11-23-21)13-22-14-20-15(2)24-27-16(20)3/h5-11,22H,4,12-14H2,1-3H3. The van der Waals surface area contributed by atoms with E-state index in [1.807, 2.05) is 50.2 Å². The summed E-state index contributed by atoms with van der Waals surface area (Å²) in [4.78, 5) is 4.37. The lowest BCUT2D eigenvalue weighted by molar-refractivity contribution is 0.317. The number of aromatic nitrogens is 2. The molecule has 6 nitrogen and oxygen atoms in total. The van der Waals surface area contributed by atoms with Crippen molar-refractivity contribution in [1.29, 1.82) is 0 Å². The molecule has 2 aromatic heterocycles. The van der Waals surface area contributed by atoms with Crippen LogP contribution in [-0.4, -0.2) is 16.7 Å². The Morgan fingerprint density at radius 3 is 2.52 bits per heavy atom. The Balaban J connectivity index is 1.62. The first-order valence-corrected chi connectivity index (χ1v) is 9.14. The summed E-state index contributed by atoms with van der Waals surface area (Å²) in [6, 6.07) is 11.5. The second-order valence-electron chi connectivity index (χ2n) is 6.30. The Labute approximate surface area is 159 Å². The predicted octanol–water partition coefficient (Wildman–Crippen LogP) is 4.56. The van der Waals surface area contributed by atoms with Crippen molar-refractivity contribution in [3.05, 3.63) is 65.2 Å². The minimum Gasteiger partial charge on any atom is -0.494 e. The number of pyridine rings is 1. The van der Waals surface area contributed by atoms with Gasteiger partial charge in [-0.05, 0) is 50.6 Å². The van der Waals surface area contributed by atoms with E-state index in [1.54, 1.807) is 6.20 Å². The molecule has 3 rings (SSSR count). The monoisotopic (exact) mass is 367 g/mol. The molecule has 0 saturated heterocycles. The SMILES string of the molecule is CCCOc1ccc(Oc2ncccc2CNCc2c(C)noc2C)cc1. The highest BCUT2D eigenvalue weighted by atomic mass is 16.5. The minimum absolute atomic E-state index is 0.589. The van der Waals surface area contributed by atoms with E-state index in [-0.39, 0.29) is 0 Å². The number of benzene rings is 1. The molecule has 0 radical (unpaired) electrons. The highest BCUT2D eigenvalue weighted by Gasteiger charge is 2.10. The summed E-state index contributed by atoms with van der Waals surface area (Å²) in [6.45, 7) is 7.97. The maximum absolute atomic E-state index is 5.97. The van der Waals surface area contributed by atoms with Crippen LogP contribution in [0.15, 0.2) is 47.1 Å². The molecule has 0 fully saturated rings. The van der Waals surface area contributed by atoms with Gasteiger partial charge in [0.15, 0.2) is 0 Å². The van der Waals surface area contributed by atoms with Crippen LogP contribution in [0, 0.1) is 13.8 Å². The quantitative estimate of drug-likeness (QED) is 0.598. The van der Waals surface area contributed by atoms with Crippen LogP contribution in [0.3, 0.4) is 0 Å². The normalized spacial score (nSPS) is 10.8. The van der Waals surface area contributed by atoms with E-state index in [0.29, 0.717) is 25.6 Å². The fourth-order valence-electron chi connectivity index (χ4n) is 2.66. The number of hydrogen-bond donors (Lipinski definition) is 1. The molecule has 27 heavy (non-hydrogen) atoms. The number of aryl methyl sites for hydroxylation is 2. The lowest BCUT2D eigenvalue weighted by Crippen LogP contribution is -2.14. The van der Waals surface area contributed by atoms with Crippen molar-refractivity contribution in [3.8, 4) is 17.4 Å². The Morgan fingerprint density at radius 2 is 1.81 bits per heavy atom. The average molecular weight is 367 g/mol. The first-order chi connectivity index (χ1) is 13.2. The average Bonchev–Trinajstić information content (AvgIpc) is 3.01. The molecule has 0 spiro atoms. The van der Waals surface area contributed by atoms with Crippen LogP contribution in [0.1, 0.15) is 35.9 Å². The van der Waals surface area contributed by atoms with Crippen LogP contribution in [0.5, 0.6) is 17.4 Å². The van der Waals surface area contributed by atoms with Gasteiger partial charge in [0.05, 0.1) is 12.3 Å². The molecule has 1 N–H and O–H groups in total. The molecule has 0 aliphatic rings. The van der Waals surface area contributed by atoms with Crippen molar-refractivity contribution in [2.24, 2.45) is 0 Å². The second kappa shape index (κ2) is 9.19. The highest BCUT2D eigenvalue weighted by Crippen LogP contribution is 2.25. The van der Waals surface area contributed by atoms with Crippen LogP contribution in [-0.2, 0) is 13.1 Å². The molecule has 6 heteroatoms. The van der Waals surface area contributed by atoms with E-state index in [0.717, 1.165) is 40.5 Å². The van der Waals surface area contributed by atoms with Crippen LogP contribution < -0.4 is 14.8 Å². The number of rotatable bonds is 9. The van der Waals surface area contributed by atoms with E-state index >= 15 is 0 Å². The lowest BCUT2D eigenvalue weighted by atomic mass is 10.2. The summed E-state index contributed by atoms with van der Waals surface area (Å²) < 4.78 is 16.8. The summed E-state index contributed by atoms with van der Waals surface area (Å²) in [5.41, 5.74) is 2.98. The third-order valence-corrected chi connectivity index (χ3v) is 4.16. The first-order valence-electron chi connectivity index (χ1n) is 9.14. The van der Waals surface area contributed by atoms with Crippen molar-refractivity contribution >= 4 is 0 Å². The van der Waals surface area contributed by atoms with Crippen molar-refractivity contribution < 1.29 is 14.0 Å². The summed E-state index contributed by atoms with van der Waals surface area (Å²) in [7, 11) is 0. The zero-order valence-corrected chi connectivity index (χ0v) is 16.0. The van der Waals surface area contributed by atoms with E-state index in [4.69, 9.17) is 14.0 Å². The van der Waals surface area contributed by atoms with Gasteiger partial charge in [-0.3, -0.25) is 0 Å². The zero-order valence-electron chi connectivity index (χ0n) is 16.0. The summed E-state index contributed by atoms with van der Waals surface area (Å²) in [5.74, 6) is 3.00. The molecular formula is C21H25N3O3. The second-order valence-corrected chi connectivity index (χ2v) is 6.30. The van der Waals surface area contributed by atoms with Gasteiger partial charge in [-0.2, -0.15) is 0 Å². The summed E-state index contributed by atoms with van der Waals surface area (Å²) >= 11 is 0. The van der Waals surface area contributed by atoms with Crippen molar-refractivity contribution in [3.63, 3.8) is 0 Å². The molecule has 0 atom stereocenters. The van der Waals surface area contributed by atoms with Gasteiger partial charge >= 0.3 is 0 Å². The van der Waals surface area contributed by atoms with Gasteiger partial charge in [-0.15, -0.1) is 0 Å². The van der Waals surface area contributed by atoms with Gasteiger partial charge < -0.3 is 19.3 Å². The summed E-state index contributed by atoms with van der Waals surface area (Å²) in [5, 5.41) is 7.38. The van der Waals surface area contributed by atoms with Gasteiger partial charge in [-0.25, -0.2) is 4.98 Å². The Kier molecular flexibility index (Phi) is 6.44. The largest absolute Gasteiger partial charge is 0.494 e. The summed E-state index contributed by atoms with van der Waals surface area (Å²) in [6.07, 6.45) is 2.71. The lowest BCUT2D eigenvalue weighted by Gasteiger charge is -2.11. The molecule has 0 aliphatic heterocycles. The topological polar surface area (TPSA) is 69.4 Å². The fourth-order valence-corrected chi connectivity index (χ4v) is 2.66. The van der Waals surface area contributed by atoms with Gasteiger partial charge in [0.25, 0.3) is 0 Å². The smallest absolute Gasteiger partial charge is 0.223 e. The minimum atomic E-state index is 0.589. The van der Waals surface area contributed by atoms with Gasteiger partial charge in [0.2, 0.25) is 5.88 Å². The molecule has 0 saturated carbocycles. The van der Waals surface area contributed by atoms with Crippen molar-refractivity contribution in [2.45, 2.75) is 40.3 Å². The molecule has 2 heterocycles. The molecule has 0 unspecified atom stereocenters. The van der Waals surface area contributed by atoms with Crippen LogP contribution >= 0.6 is 0 Å². The fraction of sp³-hybridized carbons (Fsp3) is 0.333. The maximum atomic E-state index is 5.97. The molecule has 0 bridgehead atoms. The Morgan fingerprint density at radius 1 is 1.04 bits per heavy atom. The predicted molar refractivity (Wildman–Crippen MR) is 103 cm³/mol. The van der Waals surface area contributed by atoms with E-state index in [9.17, 15) is 0 Å². The van der Waals surface area contributed by atoms with Crippen LogP contribution in [0.2, 0.25) is 0 Å². The van der Waals surface area contributed by atoms with Crippen LogP contribution in [0.25, 0.3) is 0 Å². The number of nitrogens with zero attached hydrogens (tertiary/aromatic N) is 2. The van der Waals surface area contributed by atoms with Gasteiger partial charge in [0, 0.05) is 30.4 Å². The Bertz CT molecular complexity index is 840.